The lowest BCUT2D eigenvalue weighted by Crippen LogP contribution is -2.62. The van der Waals surface area contributed by atoms with E-state index >= 15 is 0 Å². The molecular formula is C12H23FN2. The van der Waals surface area contributed by atoms with Crippen LogP contribution in [0.2, 0.25) is 0 Å². The highest BCUT2D eigenvalue weighted by atomic mass is 19.1. The molecule has 0 aromatic carbocycles. The summed E-state index contributed by atoms with van der Waals surface area (Å²) < 4.78 is 12.2. The molecular weight excluding hydrogens is 191 g/mol. The van der Waals surface area contributed by atoms with Crippen molar-refractivity contribution >= 4 is 0 Å². The lowest BCUT2D eigenvalue weighted by Gasteiger charge is -2.45. The van der Waals surface area contributed by atoms with Gasteiger partial charge < -0.3 is 5.32 Å². The molecule has 1 saturated carbocycles. The van der Waals surface area contributed by atoms with Crippen molar-refractivity contribution in [2.75, 3.05) is 26.3 Å². The van der Waals surface area contributed by atoms with Crippen LogP contribution < -0.4 is 5.32 Å². The van der Waals surface area contributed by atoms with Gasteiger partial charge in [0.05, 0.1) is 6.67 Å². The molecule has 15 heavy (non-hydrogen) atoms. The summed E-state index contributed by atoms with van der Waals surface area (Å²) in [6, 6.07) is 0.572. The number of hydrogen-bond acceptors (Lipinski definition) is 2. The number of rotatable bonds is 3. The highest BCUT2D eigenvalue weighted by Gasteiger charge is 2.39. The van der Waals surface area contributed by atoms with Crippen molar-refractivity contribution in [1.29, 1.82) is 0 Å². The van der Waals surface area contributed by atoms with Gasteiger partial charge in [-0.2, -0.15) is 0 Å². The van der Waals surface area contributed by atoms with Gasteiger partial charge in [-0.1, -0.05) is 12.8 Å². The number of hydrogen-bond donors (Lipinski definition) is 1. The van der Waals surface area contributed by atoms with Crippen molar-refractivity contribution in [3.05, 3.63) is 0 Å². The second-order valence-corrected chi connectivity index (χ2v) is 5.23. The zero-order chi connectivity index (χ0) is 10.7. The molecule has 1 atom stereocenters. The summed E-state index contributed by atoms with van der Waals surface area (Å²) in [6.07, 6.45) is 6.04. The summed E-state index contributed by atoms with van der Waals surface area (Å²) in [5.41, 5.74) is 0.378. The average molecular weight is 214 g/mol. The Morgan fingerprint density at radius 2 is 2.13 bits per heavy atom. The molecule has 0 radical (unpaired) electrons. The lowest BCUT2D eigenvalue weighted by molar-refractivity contribution is 0.0862. The molecule has 2 rings (SSSR count). The van der Waals surface area contributed by atoms with Crippen LogP contribution in [-0.4, -0.2) is 42.8 Å². The van der Waals surface area contributed by atoms with E-state index in [1.807, 2.05) is 0 Å². The molecule has 1 unspecified atom stereocenters. The summed E-state index contributed by atoms with van der Waals surface area (Å²) in [5.74, 6) is 0. The second kappa shape index (κ2) is 4.79. The third kappa shape index (κ3) is 2.51. The van der Waals surface area contributed by atoms with Crippen LogP contribution >= 0.6 is 0 Å². The largest absolute Gasteiger partial charge is 0.308 e. The Morgan fingerprint density at radius 1 is 1.40 bits per heavy atom. The zero-order valence-electron chi connectivity index (χ0n) is 9.77. The fourth-order valence-electron chi connectivity index (χ4n) is 3.04. The van der Waals surface area contributed by atoms with Crippen LogP contribution in [0, 0.1) is 0 Å². The molecule has 0 amide bonds. The monoisotopic (exact) mass is 214 g/mol. The smallest absolute Gasteiger partial charge is 0.0906 e. The Labute approximate surface area is 92.2 Å². The standard InChI is InChI=1S/C12H23FN2/c1-11-9-14-12(5-2-3-6-12)10-15(11)8-4-7-13/h11,14H,2-10H2,1H3. The van der Waals surface area contributed by atoms with Crippen LogP contribution in [0.3, 0.4) is 0 Å². The summed E-state index contributed by atoms with van der Waals surface area (Å²) in [7, 11) is 0. The third-order valence-corrected chi connectivity index (χ3v) is 4.04. The predicted octanol–water partition coefficient (Wildman–Crippen LogP) is 1.95. The summed E-state index contributed by atoms with van der Waals surface area (Å²) >= 11 is 0. The Morgan fingerprint density at radius 3 is 2.80 bits per heavy atom. The van der Waals surface area contributed by atoms with Crippen LogP contribution in [0.1, 0.15) is 39.0 Å². The first-order chi connectivity index (χ1) is 7.26. The molecule has 1 aliphatic carbocycles. The normalized spacial score (nSPS) is 31.2. The maximum atomic E-state index is 12.2. The van der Waals surface area contributed by atoms with E-state index in [0.717, 1.165) is 19.6 Å². The SMILES string of the molecule is CC1CNC2(CCCC2)CN1CCCF. The Kier molecular flexibility index (Phi) is 3.62. The fraction of sp³-hybridized carbons (Fsp3) is 1.00. The molecule has 2 nitrogen and oxygen atoms in total. The zero-order valence-corrected chi connectivity index (χ0v) is 9.77. The van der Waals surface area contributed by atoms with E-state index in [2.05, 4.69) is 17.1 Å². The first kappa shape index (κ1) is 11.3. The highest BCUT2D eigenvalue weighted by Crippen LogP contribution is 2.33. The molecule has 1 saturated heterocycles. The third-order valence-electron chi connectivity index (χ3n) is 4.04. The van der Waals surface area contributed by atoms with Crippen LogP contribution in [0.5, 0.6) is 0 Å². The van der Waals surface area contributed by atoms with Crippen LogP contribution in [0.25, 0.3) is 0 Å². The van der Waals surface area contributed by atoms with Crippen molar-refractivity contribution in [2.45, 2.75) is 50.6 Å². The molecule has 0 bridgehead atoms. The summed E-state index contributed by atoms with van der Waals surface area (Å²) in [5, 5.41) is 3.72. The van der Waals surface area contributed by atoms with Gasteiger partial charge in [0.1, 0.15) is 0 Å². The molecule has 1 heterocycles. The van der Waals surface area contributed by atoms with E-state index in [1.165, 1.54) is 25.7 Å². The highest BCUT2D eigenvalue weighted by molar-refractivity contribution is 5.00. The predicted molar refractivity (Wildman–Crippen MR) is 60.8 cm³/mol. The molecule has 0 aromatic heterocycles. The van der Waals surface area contributed by atoms with Gasteiger partial charge in [0.15, 0.2) is 0 Å². The number of nitrogens with one attached hydrogen (secondary N) is 1. The lowest BCUT2D eigenvalue weighted by atomic mass is 9.92. The van der Waals surface area contributed by atoms with Crippen molar-refractivity contribution in [3.8, 4) is 0 Å². The number of halogens is 1. The van der Waals surface area contributed by atoms with Gasteiger partial charge in [-0.05, 0) is 26.2 Å². The van der Waals surface area contributed by atoms with Gasteiger partial charge >= 0.3 is 0 Å². The van der Waals surface area contributed by atoms with Gasteiger partial charge in [0.2, 0.25) is 0 Å². The van der Waals surface area contributed by atoms with Crippen LogP contribution in [-0.2, 0) is 0 Å². The fourth-order valence-corrected chi connectivity index (χ4v) is 3.04. The molecule has 2 aliphatic rings. The second-order valence-electron chi connectivity index (χ2n) is 5.23. The van der Waals surface area contributed by atoms with Gasteiger partial charge in [0, 0.05) is 31.2 Å². The quantitative estimate of drug-likeness (QED) is 0.772. The van der Waals surface area contributed by atoms with Crippen LogP contribution in [0.15, 0.2) is 0 Å². The van der Waals surface area contributed by atoms with E-state index in [4.69, 9.17) is 0 Å². The molecule has 1 aliphatic heterocycles. The maximum Gasteiger partial charge on any atom is 0.0906 e. The summed E-state index contributed by atoms with van der Waals surface area (Å²) in [6.45, 7) is 5.21. The summed E-state index contributed by atoms with van der Waals surface area (Å²) in [4.78, 5) is 2.47. The number of nitrogens with zero attached hydrogens (tertiary/aromatic N) is 1. The minimum Gasteiger partial charge on any atom is -0.308 e. The van der Waals surface area contributed by atoms with Crippen molar-refractivity contribution < 1.29 is 4.39 Å². The first-order valence-corrected chi connectivity index (χ1v) is 6.31. The molecule has 1 N–H and O–H groups in total. The van der Waals surface area contributed by atoms with Crippen molar-refractivity contribution in [3.63, 3.8) is 0 Å². The van der Waals surface area contributed by atoms with Crippen LogP contribution in [0.4, 0.5) is 4.39 Å². The Balaban J connectivity index is 1.91. The first-order valence-electron chi connectivity index (χ1n) is 6.31. The van der Waals surface area contributed by atoms with Crippen molar-refractivity contribution in [2.24, 2.45) is 0 Å². The van der Waals surface area contributed by atoms with E-state index in [-0.39, 0.29) is 6.67 Å². The van der Waals surface area contributed by atoms with E-state index < -0.39 is 0 Å². The van der Waals surface area contributed by atoms with E-state index in [1.54, 1.807) is 0 Å². The van der Waals surface area contributed by atoms with E-state index in [9.17, 15) is 4.39 Å². The molecule has 0 aromatic rings. The van der Waals surface area contributed by atoms with Gasteiger partial charge in [0.25, 0.3) is 0 Å². The minimum atomic E-state index is -0.177. The number of piperazine rings is 1. The molecule has 2 fully saturated rings. The number of alkyl halides is 1. The average Bonchev–Trinajstić information content (AvgIpc) is 2.69. The van der Waals surface area contributed by atoms with Crippen molar-refractivity contribution in [1.82, 2.24) is 10.2 Å². The molecule has 3 heteroatoms. The van der Waals surface area contributed by atoms with Gasteiger partial charge in [-0.15, -0.1) is 0 Å². The van der Waals surface area contributed by atoms with E-state index in [0.29, 0.717) is 18.0 Å². The Hall–Kier alpha value is -0.150. The minimum absolute atomic E-state index is 0.177. The Bertz CT molecular complexity index is 202. The molecule has 1 spiro atoms. The van der Waals surface area contributed by atoms with Gasteiger partial charge in [-0.3, -0.25) is 9.29 Å². The maximum absolute atomic E-state index is 12.2. The molecule has 88 valence electrons. The van der Waals surface area contributed by atoms with Gasteiger partial charge in [-0.25, -0.2) is 0 Å². The topological polar surface area (TPSA) is 15.3 Å².